The quantitative estimate of drug-likeness (QED) is 0.214. The fourth-order valence-electron chi connectivity index (χ4n) is 2.53. The summed E-state index contributed by atoms with van der Waals surface area (Å²) >= 11 is 1.34. The van der Waals surface area contributed by atoms with Crippen molar-refractivity contribution >= 4 is 34.6 Å². The molecule has 1 heterocycles. The number of methoxy groups -OCH3 is 1. The van der Waals surface area contributed by atoms with Gasteiger partial charge < -0.3 is 18.9 Å². The average Bonchev–Trinajstić information content (AvgIpc) is 3.19. The number of hydrogen-bond acceptors (Lipinski definition) is 10. The van der Waals surface area contributed by atoms with Crippen molar-refractivity contribution < 1.29 is 28.5 Å². The lowest BCUT2D eigenvalue weighted by molar-refractivity contribution is -0.143. The van der Waals surface area contributed by atoms with E-state index < -0.39 is 0 Å². The Morgan fingerprint density at radius 2 is 1.97 bits per heavy atom. The zero-order chi connectivity index (χ0) is 22.5. The lowest BCUT2D eigenvalue weighted by Crippen LogP contribution is -2.08. The molecule has 2 rings (SSSR count). The number of ether oxygens (including phenoxy) is 4. The number of aromatic nitrogens is 1. The highest BCUT2D eigenvalue weighted by Crippen LogP contribution is 2.30. The van der Waals surface area contributed by atoms with Gasteiger partial charge in [-0.2, -0.15) is 5.10 Å². The molecule has 0 saturated heterocycles. The Morgan fingerprint density at radius 1 is 1.19 bits per heavy atom. The predicted molar refractivity (Wildman–Crippen MR) is 118 cm³/mol. The molecule has 10 heteroatoms. The number of nitrogens with zero attached hydrogens (tertiary/aromatic N) is 2. The van der Waals surface area contributed by atoms with Crippen molar-refractivity contribution in [2.45, 2.75) is 33.1 Å². The number of hydrogen-bond donors (Lipinski definition) is 1. The molecular weight excluding hydrogens is 422 g/mol. The summed E-state index contributed by atoms with van der Waals surface area (Å²) in [5.41, 5.74) is 4.17. The monoisotopic (exact) mass is 449 g/mol. The van der Waals surface area contributed by atoms with Crippen LogP contribution in [0.25, 0.3) is 0 Å². The lowest BCUT2D eigenvalue weighted by Gasteiger charge is -2.13. The van der Waals surface area contributed by atoms with Crippen molar-refractivity contribution in [1.29, 1.82) is 0 Å². The lowest BCUT2D eigenvalue weighted by atomic mass is 10.2. The zero-order valence-electron chi connectivity index (χ0n) is 17.9. The van der Waals surface area contributed by atoms with Crippen LogP contribution in [0.15, 0.2) is 28.7 Å². The van der Waals surface area contributed by atoms with Crippen molar-refractivity contribution in [2.24, 2.45) is 5.10 Å². The normalized spacial score (nSPS) is 10.7. The minimum absolute atomic E-state index is 0.120. The number of hydrazone groups is 1. The first kappa shape index (κ1) is 24.1. The van der Waals surface area contributed by atoms with Gasteiger partial charge in [-0.25, -0.2) is 4.98 Å². The fraction of sp³-hybridized carbons (Fsp3) is 0.429. The molecule has 168 valence electrons. The van der Waals surface area contributed by atoms with E-state index in [4.69, 9.17) is 18.9 Å². The number of carbonyl (C=O) groups excluding carboxylic acids is 2. The smallest absolute Gasteiger partial charge is 0.311 e. The number of para-hydroxylation sites is 1. The standard InChI is InChI=1S/C21H27N3O6S/c1-4-28-18(25)10-7-11-30-20-15(8-6-9-17(20)27-3)13-22-24-21-23-16(14-31-21)12-19(26)29-5-2/h6,8-9,13-14H,4-5,7,10-12H2,1-3H3,(H,23,24). The van der Waals surface area contributed by atoms with Gasteiger partial charge in [0.05, 0.1) is 45.3 Å². The van der Waals surface area contributed by atoms with E-state index in [1.807, 2.05) is 12.1 Å². The first-order valence-corrected chi connectivity index (χ1v) is 10.8. The Kier molecular flexibility index (Phi) is 10.3. The van der Waals surface area contributed by atoms with Crippen LogP contribution in [-0.2, 0) is 25.5 Å². The minimum atomic E-state index is -0.316. The summed E-state index contributed by atoms with van der Waals surface area (Å²) in [4.78, 5) is 27.3. The maximum Gasteiger partial charge on any atom is 0.311 e. The Labute approximate surface area is 185 Å². The van der Waals surface area contributed by atoms with Gasteiger partial charge in [0.2, 0.25) is 5.13 Å². The molecule has 0 radical (unpaired) electrons. The van der Waals surface area contributed by atoms with Gasteiger partial charge in [-0.05, 0) is 32.4 Å². The third-order valence-corrected chi connectivity index (χ3v) is 4.65. The average molecular weight is 450 g/mol. The Hall–Kier alpha value is -3.14. The molecule has 1 N–H and O–H groups in total. The van der Waals surface area contributed by atoms with Gasteiger partial charge in [0.1, 0.15) is 0 Å². The van der Waals surface area contributed by atoms with Crippen LogP contribution in [0, 0.1) is 0 Å². The summed E-state index contributed by atoms with van der Waals surface area (Å²) < 4.78 is 21.1. The Morgan fingerprint density at radius 3 is 2.71 bits per heavy atom. The van der Waals surface area contributed by atoms with Crippen LogP contribution in [-0.4, -0.2) is 50.1 Å². The van der Waals surface area contributed by atoms with Gasteiger partial charge in [0.25, 0.3) is 0 Å². The van der Waals surface area contributed by atoms with Crippen LogP contribution in [0.5, 0.6) is 11.5 Å². The van der Waals surface area contributed by atoms with Crippen LogP contribution >= 0.6 is 11.3 Å². The largest absolute Gasteiger partial charge is 0.493 e. The number of esters is 2. The molecule has 0 aliphatic heterocycles. The number of benzene rings is 1. The SMILES string of the molecule is CCOC(=O)CCCOc1c(C=NNc2nc(CC(=O)OCC)cs2)cccc1OC. The van der Waals surface area contributed by atoms with Crippen LogP contribution in [0.4, 0.5) is 5.13 Å². The summed E-state index contributed by atoms with van der Waals surface area (Å²) in [7, 11) is 1.56. The van der Waals surface area contributed by atoms with Crippen molar-refractivity contribution in [2.75, 3.05) is 32.4 Å². The topological polar surface area (TPSA) is 108 Å². The second kappa shape index (κ2) is 13.2. The molecule has 0 saturated carbocycles. The van der Waals surface area contributed by atoms with Crippen LogP contribution < -0.4 is 14.9 Å². The molecule has 0 unspecified atom stereocenters. The molecule has 0 spiro atoms. The molecule has 0 atom stereocenters. The van der Waals surface area contributed by atoms with E-state index in [1.165, 1.54) is 11.3 Å². The summed E-state index contributed by atoms with van der Waals surface area (Å²) in [6, 6.07) is 5.45. The van der Waals surface area contributed by atoms with Gasteiger partial charge in [0.15, 0.2) is 11.5 Å². The van der Waals surface area contributed by atoms with Crippen molar-refractivity contribution in [3.8, 4) is 11.5 Å². The minimum Gasteiger partial charge on any atom is -0.493 e. The number of carbonyl (C=O) groups is 2. The summed E-state index contributed by atoms with van der Waals surface area (Å²) in [6.07, 6.45) is 2.52. The number of rotatable bonds is 13. The second-order valence-electron chi connectivity index (χ2n) is 6.13. The van der Waals surface area contributed by atoms with E-state index in [9.17, 15) is 9.59 Å². The summed E-state index contributed by atoms with van der Waals surface area (Å²) in [5.74, 6) is 0.527. The van der Waals surface area contributed by atoms with E-state index in [1.54, 1.807) is 38.6 Å². The van der Waals surface area contributed by atoms with E-state index in [0.29, 0.717) is 54.1 Å². The van der Waals surface area contributed by atoms with Gasteiger partial charge in [0, 0.05) is 17.4 Å². The zero-order valence-corrected chi connectivity index (χ0v) is 18.7. The molecule has 0 bridgehead atoms. The summed E-state index contributed by atoms with van der Waals surface area (Å²) in [5, 5.41) is 6.53. The molecule has 0 fully saturated rings. The molecule has 9 nitrogen and oxygen atoms in total. The van der Waals surface area contributed by atoms with Gasteiger partial charge in [-0.15, -0.1) is 11.3 Å². The number of nitrogens with one attached hydrogen (secondary N) is 1. The maximum atomic E-state index is 11.5. The molecule has 1 aromatic heterocycles. The number of anilines is 1. The Bertz CT molecular complexity index is 884. The third kappa shape index (κ3) is 8.25. The maximum absolute atomic E-state index is 11.5. The molecule has 2 aromatic rings. The van der Waals surface area contributed by atoms with E-state index in [0.717, 1.165) is 0 Å². The van der Waals surface area contributed by atoms with Crippen LogP contribution in [0.3, 0.4) is 0 Å². The molecule has 31 heavy (non-hydrogen) atoms. The molecule has 1 aromatic carbocycles. The van der Waals surface area contributed by atoms with E-state index in [2.05, 4.69) is 15.5 Å². The molecular formula is C21H27N3O6S. The Balaban J connectivity index is 1.96. The highest BCUT2D eigenvalue weighted by Gasteiger charge is 2.11. The molecule has 0 amide bonds. The van der Waals surface area contributed by atoms with Crippen molar-refractivity contribution in [3.63, 3.8) is 0 Å². The first-order valence-electron chi connectivity index (χ1n) is 9.91. The van der Waals surface area contributed by atoms with E-state index >= 15 is 0 Å². The third-order valence-electron chi connectivity index (χ3n) is 3.85. The van der Waals surface area contributed by atoms with Crippen molar-refractivity contribution in [3.05, 3.63) is 34.8 Å². The summed E-state index contributed by atoms with van der Waals surface area (Å²) in [6.45, 7) is 4.57. The first-order chi connectivity index (χ1) is 15.1. The van der Waals surface area contributed by atoms with Crippen LogP contribution in [0.2, 0.25) is 0 Å². The van der Waals surface area contributed by atoms with Crippen LogP contribution in [0.1, 0.15) is 37.9 Å². The highest BCUT2D eigenvalue weighted by atomic mass is 32.1. The van der Waals surface area contributed by atoms with E-state index in [-0.39, 0.29) is 24.8 Å². The molecule has 0 aliphatic rings. The van der Waals surface area contributed by atoms with Gasteiger partial charge in [-0.1, -0.05) is 6.07 Å². The predicted octanol–water partition coefficient (Wildman–Crippen LogP) is 3.43. The second-order valence-corrected chi connectivity index (χ2v) is 6.99. The van der Waals surface area contributed by atoms with Gasteiger partial charge >= 0.3 is 11.9 Å². The highest BCUT2D eigenvalue weighted by molar-refractivity contribution is 7.13. The van der Waals surface area contributed by atoms with Crippen molar-refractivity contribution in [1.82, 2.24) is 4.98 Å². The molecule has 0 aliphatic carbocycles. The van der Waals surface area contributed by atoms with Gasteiger partial charge in [-0.3, -0.25) is 15.0 Å². The number of thiazole rings is 1. The fourth-order valence-corrected chi connectivity index (χ4v) is 3.19.